The Labute approximate surface area is 83.6 Å². The minimum atomic E-state index is 0.190. The first-order valence-corrected chi connectivity index (χ1v) is 4.76. The summed E-state index contributed by atoms with van der Waals surface area (Å²) in [6.45, 7) is 0. The van der Waals surface area contributed by atoms with Gasteiger partial charge < -0.3 is 10.5 Å². The molecule has 1 aromatic rings. The van der Waals surface area contributed by atoms with Gasteiger partial charge in [0.2, 0.25) is 0 Å². The Bertz CT molecular complexity index is 360. The van der Waals surface area contributed by atoms with Gasteiger partial charge in [0.25, 0.3) is 0 Å². The molecule has 0 spiro atoms. The van der Waals surface area contributed by atoms with E-state index in [1.807, 2.05) is 12.3 Å². The zero-order valence-electron chi connectivity index (χ0n) is 8.23. The molecule has 0 fully saturated rings. The summed E-state index contributed by atoms with van der Waals surface area (Å²) in [4.78, 5) is 4.10. The maximum Gasteiger partial charge on any atom is 0.129 e. The second kappa shape index (κ2) is 3.80. The molecule has 0 bridgehead atoms. The van der Waals surface area contributed by atoms with Crippen LogP contribution in [0.2, 0.25) is 0 Å². The van der Waals surface area contributed by atoms with Gasteiger partial charge in [0, 0.05) is 24.0 Å². The summed E-state index contributed by atoms with van der Waals surface area (Å²) >= 11 is 0. The van der Waals surface area contributed by atoms with Crippen LogP contribution >= 0.6 is 0 Å². The lowest BCUT2D eigenvalue weighted by Gasteiger charge is -2.07. The molecule has 0 saturated heterocycles. The van der Waals surface area contributed by atoms with Gasteiger partial charge in [0.05, 0.1) is 7.11 Å². The molecule has 1 aliphatic rings. The van der Waals surface area contributed by atoms with Crippen LogP contribution in [0.25, 0.3) is 5.57 Å². The van der Waals surface area contributed by atoms with E-state index in [0.717, 1.165) is 24.2 Å². The summed E-state index contributed by atoms with van der Waals surface area (Å²) in [5, 5.41) is 0. The Hall–Kier alpha value is -1.35. The van der Waals surface area contributed by atoms with Crippen LogP contribution in [0.5, 0.6) is 5.75 Å². The number of nitrogens with two attached hydrogens (primary N) is 1. The average molecular weight is 190 g/mol. The Morgan fingerprint density at radius 3 is 3.07 bits per heavy atom. The number of hydrogen-bond donors (Lipinski definition) is 1. The molecule has 1 aliphatic carbocycles. The van der Waals surface area contributed by atoms with E-state index in [4.69, 9.17) is 10.5 Å². The predicted molar refractivity (Wildman–Crippen MR) is 56.0 cm³/mol. The molecule has 74 valence electrons. The highest BCUT2D eigenvalue weighted by atomic mass is 16.5. The van der Waals surface area contributed by atoms with E-state index in [0.29, 0.717) is 0 Å². The highest BCUT2D eigenvalue weighted by Gasteiger charge is 2.16. The molecule has 0 aromatic carbocycles. The van der Waals surface area contributed by atoms with Crippen molar-refractivity contribution in [2.75, 3.05) is 7.11 Å². The van der Waals surface area contributed by atoms with Crippen LogP contribution in [-0.2, 0) is 0 Å². The van der Waals surface area contributed by atoms with Crippen molar-refractivity contribution in [3.63, 3.8) is 0 Å². The van der Waals surface area contributed by atoms with Gasteiger partial charge in [0.15, 0.2) is 0 Å². The van der Waals surface area contributed by atoms with Crippen molar-refractivity contribution in [2.45, 2.75) is 18.9 Å². The number of aromatic nitrogens is 1. The fourth-order valence-corrected chi connectivity index (χ4v) is 1.77. The minimum Gasteiger partial charge on any atom is -0.496 e. The second-order valence-electron chi connectivity index (χ2n) is 3.47. The van der Waals surface area contributed by atoms with Crippen molar-refractivity contribution >= 4 is 5.57 Å². The number of nitrogens with zero attached hydrogens (tertiary/aromatic N) is 1. The van der Waals surface area contributed by atoms with E-state index in [1.165, 1.54) is 5.57 Å². The quantitative estimate of drug-likeness (QED) is 0.770. The molecule has 0 amide bonds. The van der Waals surface area contributed by atoms with E-state index in [9.17, 15) is 0 Å². The minimum absolute atomic E-state index is 0.190. The summed E-state index contributed by atoms with van der Waals surface area (Å²) in [7, 11) is 1.67. The van der Waals surface area contributed by atoms with Gasteiger partial charge in [-0.3, -0.25) is 4.98 Å². The number of ether oxygens (including phenoxy) is 1. The van der Waals surface area contributed by atoms with E-state index < -0.39 is 0 Å². The third-order valence-electron chi connectivity index (χ3n) is 2.51. The number of methoxy groups -OCH3 is 1. The van der Waals surface area contributed by atoms with Crippen LogP contribution in [-0.4, -0.2) is 18.1 Å². The summed E-state index contributed by atoms with van der Waals surface area (Å²) in [6.07, 6.45) is 7.70. The first-order chi connectivity index (χ1) is 6.81. The molecule has 3 heteroatoms. The van der Waals surface area contributed by atoms with Crippen LogP contribution in [0.3, 0.4) is 0 Å². The van der Waals surface area contributed by atoms with Gasteiger partial charge >= 0.3 is 0 Å². The summed E-state index contributed by atoms with van der Waals surface area (Å²) in [6, 6.07) is 2.06. The molecule has 0 saturated carbocycles. The molecular weight excluding hydrogens is 176 g/mol. The molecular formula is C11H14N2O. The van der Waals surface area contributed by atoms with Crippen LogP contribution in [0.15, 0.2) is 24.5 Å². The molecule has 1 heterocycles. The SMILES string of the molecule is COc1ccncc1C1=CC(N)CC1. The molecule has 2 rings (SSSR count). The Kier molecular flexibility index (Phi) is 2.50. The summed E-state index contributed by atoms with van der Waals surface area (Å²) < 4.78 is 5.27. The third kappa shape index (κ3) is 1.63. The summed E-state index contributed by atoms with van der Waals surface area (Å²) in [5.41, 5.74) is 8.14. The number of pyridine rings is 1. The Morgan fingerprint density at radius 1 is 1.57 bits per heavy atom. The van der Waals surface area contributed by atoms with E-state index in [-0.39, 0.29) is 6.04 Å². The van der Waals surface area contributed by atoms with Crippen LogP contribution in [0, 0.1) is 0 Å². The van der Waals surface area contributed by atoms with Crippen molar-refractivity contribution in [3.8, 4) is 5.75 Å². The highest BCUT2D eigenvalue weighted by Crippen LogP contribution is 2.32. The highest BCUT2D eigenvalue weighted by molar-refractivity contribution is 5.71. The van der Waals surface area contributed by atoms with Crippen LogP contribution in [0.1, 0.15) is 18.4 Å². The largest absolute Gasteiger partial charge is 0.496 e. The Balaban J connectivity index is 2.36. The summed E-state index contributed by atoms with van der Waals surface area (Å²) in [5.74, 6) is 0.875. The smallest absolute Gasteiger partial charge is 0.129 e. The lowest BCUT2D eigenvalue weighted by molar-refractivity contribution is 0.413. The first kappa shape index (κ1) is 9.21. The lowest BCUT2D eigenvalue weighted by atomic mass is 10.1. The van der Waals surface area contributed by atoms with Crippen molar-refractivity contribution < 1.29 is 4.74 Å². The zero-order valence-corrected chi connectivity index (χ0v) is 8.23. The topological polar surface area (TPSA) is 48.1 Å². The van der Waals surface area contributed by atoms with Gasteiger partial charge in [0.1, 0.15) is 5.75 Å². The van der Waals surface area contributed by atoms with Crippen LogP contribution in [0.4, 0.5) is 0 Å². The van der Waals surface area contributed by atoms with Crippen molar-refractivity contribution in [3.05, 3.63) is 30.1 Å². The normalized spacial score (nSPS) is 20.7. The molecule has 3 nitrogen and oxygen atoms in total. The third-order valence-corrected chi connectivity index (χ3v) is 2.51. The van der Waals surface area contributed by atoms with Crippen LogP contribution < -0.4 is 10.5 Å². The van der Waals surface area contributed by atoms with Gasteiger partial charge in [-0.2, -0.15) is 0 Å². The number of rotatable bonds is 2. The Morgan fingerprint density at radius 2 is 2.43 bits per heavy atom. The maximum atomic E-state index is 5.82. The fourth-order valence-electron chi connectivity index (χ4n) is 1.77. The fraction of sp³-hybridized carbons (Fsp3) is 0.364. The van der Waals surface area contributed by atoms with Gasteiger partial charge in [-0.1, -0.05) is 6.08 Å². The number of allylic oxidation sites excluding steroid dienone is 1. The van der Waals surface area contributed by atoms with Crippen molar-refractivity contribution in [2.24, 2.45) is 5.73 Å². The molecule has 1 unspecified atom stereocenters. The maximum absolute atomic E-state index is 5.82. The molecule has 1 aromatic heterocycles. The molecule has 1 atom stereocenters. The molecule has 14 heavy (non-hydrogen) atoms. The predicted octanol–water partition coefficient (Wildman–Crippen LogP) is 1.59. The van der Waals surface area contributed by atoms with E-state index in [2.05, 4.69) is 11.1 Å². The lowest BCUT2D eigenvalue weighted by Crippen LogP contribution is -2.11. The van der Waals surface area contributed by atoms with Gasteiger partial charge in [-0.25, -0.2) is 0 Å². The molecule has 2 N–H and O–H groups in total. The monoisotopic (exact) mass is 190 g/mol. The van der Waals surface area contributed by atoms with E-state index in [1.54, 1.807) is 13.3 Å². The average Bonchev–Trinajstić information content (AvgIpc) is 2.65. The standard InChI is InChI=1S/C11H14N2O/c1-14-11-4-5-13-7-10(11)8-2-3-9(12)6-8/h4-7,9H,2-3,12H2,1H3. The second-order valence-corrected chi connectivity index (χ2v) is 3.47. The molecule has 0 radical (unpaired) electrons. The van der Waals surface area contributed by atoms with E-state index >= 15 is 0 Å². The molecule has 0 aliphatic heterocycles. The van der Waals surface area contributed by atoms with Gasteiger partial charge in [-0.05, 0) is 24.5 Å². The van der Waals surface area contributed by atoms with Crippen molar-refractivity contribution in [1.29, 1.82) is 0 Å². The van der Waals surface area contributed by atoms with Gasteiger partial charge in [-0.15, -0.1) is 0 Å². The van der Waals surface area contributed by atoms with Crippen molar-refractivity contribution in [1.82, 2.24) is 4.98 Å². The number of hydrogen-bond acceptors (Lipinski definition) is 3. The first-order valence-electron chi connectivity index (χ1n) is 4.76. The zero-order chi connectivity index (χ0) is 9.97.